The van der Waals surface area contributed by atoms with Crippen LogP contribution in [0.25, 0.3) is 16.6 Å². The van der Waals surface area contributed by atoms with Gasteiger partial charge in [-0.2, -0.15) is 13.2 Å². The van der Waals surface area contributed by atoms with Crippen LogP contribution in [0.1, 0.15) is 63.5 Å². The number of amides is 1. The maximum absolute atomic E-state index is 14.5. The fourth-order valence-corrected chi connectivity index (χ4v) is 6.75. The van der Waals surface area contributed by atoms with Gasteiger partial charge < -0.3 is 15.0 Å². The lowest BCUT2D eigenvalue weighted by Gasteiger charge is -2.44. The van der Waals surface area contributed by atoms with E-state index in [-0.39, 0.29) is 35.4 Å². The molecule has 1 aromatic heterocycles. The molecule has 0 aliphatic carbocycles. The summed E-state index contributed by atoms with van der Waals surface area (Å²) >= 11 is 0. The molecule has 7 nitrogen and oxygen atoms in total. The Kier molecular flexibility index (Phi) is 10.3. The van der Waals surface area contributed by atoms with Crippen molar-refractivity contribution in [3.63, 3.8) is 0 Å². The molecule has 1 aliphatic rings. The number of alkyl halides is 3. The summed E-state index contributed by atoms with van der Waals surface area (Å²) in [6.45, 7) is 9.73. The number of nitrogens with one attached hydrogen (secondary N) is 1. The molecule has 1 amide bonds. The van der Waals surface area contributed by atoms with Crippen molar-refractivity contribution < 1.29 is 27.1 Å². The highest BCUT2D eigenvalue weighted by Crippen LogP contribution is 2.36. The first-order valence-corrected chi connectivity index (χ1v) is 16.0. The molecule has 4 aromatic rings. The minimum atomic E-state index is -4.91. The molecular formula is C36H40F4N4O3. The first kappa shape index (κ1) is 34.1. The molecule has 250 valence electrons. The van der Waals surface area contributed by atoms with Crippen molar-refractivity contribution in [2.75, 3.05) is 19.7 Å². The summed E-state index contributed by atoms with van der Waals surface area (Å²) in [6, 6.07) is 15.6. The molecule has 0 radical (unpaired) electrons. The third-order valence-corrected chi connectivity index (χ3v) is 8.85. The number of fused-ring (bicyclic) bond motifs is 1. The van der Waals surface area contributed by atoms with E-state index in [1.54, 1.807) is 53.4 Å². The third kappa shape index (κ3) is 7.35. The van der Waals surface area contributed by atoms with Gasteiger partial charge in [-0.05, 0) is 106 Å². The first-order valence-electron chi connectivity index (χ1n) is 16.0. The number of carbonyl (C=O) groups is 1. The van der Waals surface area contributed by atoms with Gasteiger partial charge >= 0.3 is 6.18 Å². The van der Waals surface area contributed by atoms with E-state index in [9.17, 15) is 27.2 Å². The van der Waals surface area contributed by atoms with Crippen molar-refractivity contribution in [1.82, 2.24) is 19.8 Å². The molecule has 2 unspecified atom stereocenters. The summed E-state index contributed by atoms with van der Waals surface area (Å²) in [5.41, 5.74) is -0.691. The number of ether oxygens (including phenoxy) is 1. The maximum atomic E-state index is 14.5. The van der Waals surface area contributed by atoms with E-state index in [0.717, 1.165) is 32.0 Å². The van der Waals surface area contributed by atoms with Gasteiger partial charge in [-0.25, -0.2) is 9.37 Å². The highest BCUT2D eigenvalue weighted by Gasteiger charge is 2.39. The normalized spacial score (nSPS) is 15.5. The first-order chi connectivity index (χ1) is 22.4. The predicted molar refractivity (Wildman–Crippen MR) is 173 cm³/mol. The Balaban J connectivity index is 1.67. The number of nitrogens with zero attached hydrogens (tertiary/aromatic N) is 3. The van der Waals surface area contributed by atoms with Crippen LogP contribution in [0.4, 0.5) is 17.6 Å². The van der Waals surface area contributed by atoms with Crippen LogP contribution in [0.5, 0.6) is 5.75 Å². The van der Waals surface area contributed by atoms with Gasteiger partial charge in [0.1, 0.15) is 17.4 Å². The molecule has 1 fully saturated rings. The maximum Gasteiger partial charge on any atom is 0.419 e. The Morgan fingerprint density at radius 2 is 1.72 bits per heavy atom. The van der Waals surface area contributed by atoms with Crippen LogP contribution in [-0.2, 0) is 17.4 Å². The van der Waals surface area contributed by atoms with Gasteiger partial charge in [0.25, 0.3) is 5.56 Å². The fourth-order valence-electron chi connectivity index (χ4n) is 6.75. The summed E-state index contributed by atoms with van der Waals surface area (Å²) in [4.78, 5) is 35.3. The fraction of sp³-hybridized carbons (Fsp3) is 0.417. The predicted octanol–water partition coefficient (Wildman–Crippen LogP) is 7.10. The molecule has 1 saturated heterocycles. The monoisotopic (exact) mass is 652 g/mol. The Bertz CT molecular complexity index is 1770. The molecule has 2 atom stereocenters. The SMILES string of the molecule is CCOc1ccc(-n2c(C(C)N(C(=O)Cc3ccc(F)c(C(F)(F)F)c3)C(C(C)C)C3CCNCC3)nc3ccccc3c2=O)cc1. The number of hydrogen-bond acceptors (Lipinski definition) is 5. The smallest absolute Gasteiger partial charge is 0.419 e. The third-order valence-electron chi connectivity index (χ3n) is 8.85. The van der Waals surface area contributed by atoms with Crippen LogP contribution in [0, 0.1) is 17.7 Å². The Morgan fingerprint density at radius 3 is 2.36 bits per heavy atom. The largest absolute Gasteiger partial charge is 0.494 e. The Labute approximate surface area is 271 Å². The number of rotatable bonds is 10. The quantitative estimate of drug-likeness (QED) is 0.185. The minimum Gasteiger partial charge on any atom is -0.494 e. The molecule has 1 N–H and O–H groups in total. The number of carbonyl (C=O) groups excluding carboxylic acids is 1. The topological polar surface area (TPSA) is 76.5 Å². The van der Waals surface area contributed by atoms with Gasteiger partial charge in [0.15, 0.2) is 0 Å². The van der Waals surface area contributed by atoms with Crippen LogP contribution < -0.4 is 15.6 Å². The summed E-state index contributed by atoms with van der Waals surface area (Å²) in [5.74, 6) is -0.820. The van der Waals surface area contributed by atoms with E-state index < -0.39 is 29.5 Å². The van der Waals surface area contributed by atoms with E-state index in [1.165, 1.54) is 10.6 Å². The Morgan fingerprint density at radius 1 is 1.04 bits per heavy atom. The zero-order valence-electron chi connectivity index (χ0n) is 27.0. The second-order valence-electron chi connectivity index (χ2n) is 12.3. The average molecular weight is 653 g/mol. The minimum absolute atomic E-state index is 0.0328. The lowest BCUT2D eigenvalue weighted by molar-refractivity contribution is -0.141. The zero-order chi connectivity index (χ0) is 33.9. The van der Waals surface area contributed by atoms with Crippen LogP contribution in [0.15, 0.2) is 71.5 Å². The highest BCUT2D eigenvalue weighted by molar-refractivity contribution is 5.80. The molecule has 1 aliphatic heterocycles. The molecule has 2 heterocycles. The van der Waals surface area contributed by atoms with Crippen LogP contribution in [0.3, 0.4) is 0 Å². The molecule has 5 rings (SSSR count). The average Bonchev–Trinajstić information content (AvgIpc) is 3.04. The van der Waals surface area contributed by atoms with Gasteiger partial charge in [-0.1, -0.05) is 32.0 Å². The van der Waals surface area contributed by atoms with E-state index in [2.05, 4.69) is 5.32 Å². The number of piperidine rings is 1. The van der Waals surface area contributed by atoms with Crippen molar-refractivity contribution >= 4 is 16.8 Å². The number of hydrogen-bond donors (Lipinski definition) is 1. The summed E-state index contributed by atoms with van der Waals surface area (Å²) < 4.78 is 62.1. The molecular weight excluding hydrogens is 612 g/mol. The summed E-state index contributed by atoms with van der Waals surface area (Å²) in [5, 5.41) is 3.76. The van der Waals surface area contributed by atoms with Crippen molar-refractivity contribution in [3.05, 3.63) is 99.9 Å². The van der Waals surface area contributed by atoms with E-state index in [0.29, 0.717) is 40.8 Å². The van der Waals surface area contributed by atoms with Crippen LogP contribution >= 0.6 is 0 Å². The molecule has 3 aromatic carbocycles. The molecule has 47 heavy (non-hydrogen) atoms. The number of halogens is 4. The number of aromatic nitrogens is 2. The lowest BCUT2D eigenvalue weighted by Crippen LogP contribution is -2.52. The Hall–Kier alpha value is -4.25. The van der Waals surface area contributed by atoms with Crippen molar-refractivity contribution in [1.29, 1.82) is 0 Å². The molecule has 0 saturated carbocycles. The second kappa shape index (κ2) is 14.3. The molecule has 11 heteroatoms. The van der Waals surface area contributed by atoms with Crippen LogP contribution in [0.2, 0.25) is 0 Å². The summed E-state index contributed by atoms with van der Waals surface area (Å²) in [7, 11) is 0. The van der Waals surface area contributed by atoms with Crippen LogP contribution in [-0.4, -0.2) is 46.1 Å². The highest BCUT2D eigenvalue weighted by atomic mass is 19.4. The van der Waals surface area contributed by atoms with Gasteiger partial charge in [-0.3, -0.25) is 14.2 Å². The summed E-state index contributed by atoms with van der Waals surface area (Å²) in [6.07, 6.45) is -3.70. The molecule has 0 bridgehead atoms. The van der Waals surface area contributed by atoms with E-state index in [4.69, 9.17) is 9.72 Å². The van der Waals surface area contributed by atoms with Crippen molar-refractivity contribution in [2.24, 2.45) is 11.8 Å². The lowest BCUT2D eigenvalue weighted by atomic mass is 9.82. The standard InChI is InChI=1S/C36H40F4N4O3/c1-5-47-27-13-11-26(12-14-27)44-34(42-31-9-7-6-8-28(31)35(44)46)23(4)43(33(22(2)3)25-16-18-41-19-17-25)32(45)21-24-10-15-30(37)29(20-24)36(38,39)40/h6-15,20,22-23,25,33,41H,5,16-19,21H2,1-4H3. The zero-order valence-corrected chi connectivity index (χ0v) is 27.0. The van der Waals surface area contributed by atoms with E-state index >= 15 is 0 Å². The number of para-hydroxylation sites is 1. The van der Waals surface area contributed by atoms with Crippen molar-refractivity contribution in [3.8, 4) is 11.4 Å². The number of benzene rings is 3. The van der Waals surface area contributed by atoms with Gasteiger partial charge in [0, 0.05) is 6.04 Å². The van der Waals surface area contributed by atoms with Gasteiger partial charge in [0.2, 0.25) is 5.91 Å². The van der Waals surface area contributed by atoms with E-state index in [1.807, 2.05) is 27.7 Å². The van der Waals surface area contributed by atoms with Gasteiger partial charge in [0.05, 0.1) is 41.2 Å². The van der Waals surface area contributed by atoms with Gasteiger partial charge in [-0.15, -0.1) is 0 Å². The second-order valence-corrected chi connectivity index (χ2v) is 12.3. The van der Waals surface area contributed by atoms with Crippen molar-refractivity contribution in [2.45, 2.75) is 65.2 Å². The molecule has 0 spiro atoms.